The molecule has 0 fully saturated rings. The molecule has 1 aliphatic rings. The van der Waals surface area contributed by atoms with Gasteiger partial charge < -0.3 is 19.3 Å². The Kier molecular flexibility index (Phi) is 3.70. The van der Waals surface area contributed by atoms with Crippen molar-refractivity contribution in [2.75, 3.05) is 18.5 Å². The van der Waals surface area contributed by atoms with E-state index in [2.05, 4.69) is 10.5 Å². The summed E-state index contributed by atoms with van der Waals surface area (Å²) in [6.07, 6.45) is 0.797. The van der Waals surface area contributed by atoms with E-state index in [-0.39, 0.29) is 5.76 Å². The van der Waals surface area contributed by atoms with Gasteiger partial charge in [-0.15, -0.1) is 0 Å². The highest BCUT2D eigenvalue weighted by Gasteiger charge is 2.18. The number of nitrogens with one attached hydrogen (secondary N) is 1. The molecule has 0 unspecified atom stereocenters. The van der Waals surface area contributed by atoms with Crippen LogP contribution in [0, 0.1) is 6.92 Å². The smallest absolute Gasteiger partial charge is 0.294 e. The number of anilines is 1. The van der Waals surface area contributed by atoms with Crippen LogP contribution < -0.4 is 14.8 Å². The fourth-order valence-electron chi connectivity index (χ4n) is 1.93. The van der Waals surface area contributed by atoms with Crippen LogP contribution in [0.3, 0.4) is 0 Å². The number of fused-ring (bicyclic) bond motifs is 1. The third-order valence-electron chi connectivity index (χ3n) is 2.94. The van der Waals surface area contributed by atoms with Crippen LogP contribution in [0.4, 0.5) is 5.69 Å². The summed E-state index contributed by atoms with van der Waals surface area (Å²) in [6.45, 7) is 2.87. The number of nitrogens with zero attached hydrogens (tertiary/aromatic N) is 1. The Balaban J connectivity index is 1.85. The van der Waals surface area contributed by atoms with Crippen LogP contribution in [0.1, 0.15) is 22.7 Å². The highest BCUT2D eigenvalue weighted by molar-refractivity contribution is 6.34. The number of rotatable bonds is 2. The molecule has 0 saturated carbocycles. The number of carbonyl (C=O) groups is 1. The average molecular weight is 309 g/mol. The van der Waals surface area contributed by atoms with Crippen LogP contribution in [0.15, 0.2) is 22.7 Å². The topological polar surface area (TPSA) is 73.6 Å². The Labute approximate surface area is 126 Å². The Morgan fingerprint density at radius 1 is 1.24 bits per heavy atom. The van der Waals surface area contributed by atoms with Crippen LogP contribution in [0.5, 0.6) is 11.5 Å². The monoisotopic (exact) mass is 308 g/mol. The van der Waals surface area contributed by atoms with Gasteiger partial charge in [0.1, 0.15) is 0 Å². The fourth-order valence-corrected chi connectivity index (χ4v) is 2.14. The highest BCUT2D eigenvalue weighted by Crippen LogP contribution is 2.37. The van der Waals surface area contributed by atoms with Gasteiger partial charge in [0.05, 0.1) is 29.6 Å². The summed E-state index contributed by atoms with van der Waals surface area (Å²) >= 11 is 6.15. The van der Waals surface area contributed by atoms with E-state index in [0.29, 0.717) is 41.1 Å². The molecule has 7 heteroatoms. The maximum absolute atomic E-state index is 12.0. The van der Waals surface area contributed by atoms with Crippen molar-refractivity contribution in [3.63, 3.8) is 0 Å². The van der Waals surface area contributed by atoms with E-state index >= 15 is 0 Å². The summed E-state index contributed by atoms with van der Waals surface area (Å²) in [5, 5.41) is 6.71. The summed E-state index contributed by atoms with van der Waals surface area (Å²) in [5.41, 5.74) is 1.06. The number of halogens is 1. The molecular weight excluding hydrogens is 296 g/mol. The summed E-state index contributed by atoms with van der Waals surface area (Å²) in [7, 11) is 0. The van der Waals surface area contributed by atoms with Crippen molar-refractivity contribution in [1.82, 2.24) is 5.16 Å². The second-order valence-electron chi connectivity index (χ2n) is 4.62. The van der Waals surface area contributed by atoms with Crippen molar-refractivity contribution >= 4 is 23.2 Å². The van der Waals surface area contributed by atoms with Crippen molar-refractivity contribution in [2.45, 2.75) is 13.3 Å². The van der Waals surface area contributed by atoms with E-state index < -0.39 is 5.91 Å². The first-order chi connectivity index (χ1) is 10.1. The highest BCUT2D eigenvalue weighted by atomic mass is 35.5. The van der Waals surface area contributed by atoms with Crippen molar-refractivity contribution in [3.05, 3.63) is 34.7 Å². The molecule has 2 heterocycles. The molecule has 6 nitrogen and oxygen atoms in total. The van der Waals surface area contributed by atoms with Crippen molar-refractivity contribution in [3.8, 4) is 11.5 Å². The Hall–Kier alpha value is -2.21. The molecule has 0 atom stereocenters. The first-order valence-electron chi connectivity index (χ1n) is 6.47. The van der Waals surface area contributed by atoms with Crippen LogP contribution in [-0.2, 0) is 0 Å². The van der Waals surface area contributed by atoms with Gasteiger partial charge in [-0.2, -0.15) is 0 Å². The SMILES string of the molecule is Cc1cc(C(=O)Nc2cc3c(cc2Cl)OCCCO3)on1. The Morgan fingerprint density at radius 3 is 2.62 bits per heavy atom. The maximum atomic E-state index is 12.0. The lowest BCUT2D eigenvalue weighted by molar-refractivity contribution is 0.0988. The number of amides is 1. The van der Waals surface area contributed by atoms with Gasteiger partial charge in [0.2, 0.25) is 5.76 Å². The average Bonchev–Trinajstić information content (AvgIpc) is 2.76. The number of hydrogen-bond donors (Lipinski definition) is 1. The summed E-state index contributed by atoms with van der Waals surface area (Å²) in [5.74, 6) is 0.828. The zero-order valence-electron chi connectivity index (χ0n) is 11.3. The minimum absolute atomic E-state index is 0.121. The van der Waals surface area contributed by atoms with Gasteiger partial charge in [-0.25, -0.2) is 0 Å². The molecular formula is C14H13ClN2O4. The number of carbonyl (C=O) groups excluding carboxylic acids is 1. The van der Waals surface area contributed by atoms with E-state index in [1.165, 1.54) is 0 Å². The van der Waals surface area contributed by atoms with Crippen molar-refractivity contribution in [1.29, 1.82) is 0 Å². The van der Waals surface area contributed by atoms with E-state index in [1.807, 2.05) is 0 Å². The molecule has 0 aliphatic carbocycles. The first kappa shape index (κ1) is 13.8. The molecule has 1 aromatic heterocycles. The van der Waals surface area contributed by atoms with Crippen molar-refractivity contribution in [2.24, 2.45) is 0 Å². The molecule has 110 valence electrons. The first-order valence-corrected chi connectivity index (χ1v) is 6.85. The lowest BCUT2D eigenvalue weighted by atomic mass is 10.2. The largest absolute Gasteiger partial charge is 0.490 e. The minimum Gasteiger partial charge on any atom is -0.490 e. The number of benzene rings is 1. The second kappa shape index (κ2) is 5.65. The van der Waals surface area contributed by atoms with Gasteiger partial charge in [0.25, 0.3) is 5.91 Å². The number of ether oxygens (including phenoxy) is 2. The van der Waals surface area contributed by atoms with E-state index in [0.717, 1.165) is 6.42 Å². The Morgan fingerprint density at radius 2 is 1.95 bits per heavy atom. The van der Waals surface area contributed by atoms with Gasteiger partial charge >= 0.3 is 0 Å². The summed E-state index contributed by atoms with van der Waals surface area (Å²) < 4.78 is 16.0. The molecule has 1 aliphatic heterocycles. The predicted molar refractivity (Wildman–Crippen MR) is 76.3 cm³/mol. The van der Waals surface area contributed by atoms with Crippen LogP contribution in [0.25, 0.3) is 0 Å². The van der Waals surface area contributed by atoms with Crippen LogP contribution in [0.2, 0.25) is 5.02 Å². The van der Waals surface area contributed by atoms with Gasteiger partial charge in [0.15, 0.2) is 11.5 Å². The molecule has 0 saturated heterocycles. The molecule has 21 heavy (non-hydrogen) atoms. The van der Waals surface area contributed by atoms with E-state index in [4.69, 9.17) is 25.6 Å². The quantitative estimate of drug-likeness (QED) is 0.923. The molecule has 3 rings (SSSR count). The Bertz CT molecular complexity index is 684. The normalized spacial score (nSPS) is 13.6. The molecule has 1 N–H and O–H groups in total. The molecule has 1 aromatic carbocycles. The van der Waals surface area contributed by atoms with Gasteiger partial charge in [-0.1, -0.05) is 16.8 Å². The van der Waals surface area contributed by atoms with Crippen molar-refractivity contribution < 1.29 is 18.8 Å². The number of aromatic nitrogens is 1. The number of hydrogen-bond acceptors (Lipinski definition) is 5. The van der Waals surface area contributed by atoms with Gasteiger partial charge in [0, 0.05) is 24.6 Å². The molecule has 0 radical (unpaired) electrons. The third kappa shape index (κ3) is 2.95. The molecule has 0 bridgehead atoms. The molecule has 0 spiro atoms. The third-order valence-corrected chi connectivity index (χ3v) is 3.25. The fraction of sp³-hybridized carbons (Fsp3) is 0.286. The second-order valence-corrected chi connectivity index (χ2v) is 5.02. The lowest BCUT2D eigenvalue weighted by Crippen LogP contribution is -2.11. The summed E-state index contributed by atoms with van der Waals surface area (Å²) in [4.78, 5) is 12.0. The van der Waals surface area contributed by atoms with Gasteiger partial charge in [-0.3, -0.25) is 4.79 Å². The minimum atomic E-state index is -0.424. The van der Waals surface area contributed by atoms with Crippen LogP contribution in [-0.4, -0.2) is 24.3 Å². The molecule has 2 aromatic rings. The summed E-state index contributed by atoms with van der Waals surface area (Å²) in [6, 6.07) is 4.82. The number of aryl methyl sites for hydroxylation is 1. The lowest BCUT2D eigenvalue weighted by Gasteiger charge is -2.11. The molecule has 1 amide bonds. The van der Waals surface area contributed by atoms with Crippen LogP contribution >= 0.6 is 11.6 Å². The maximum Gasteiger partial charge on any atom is 0.294 e. The van der Waals surface area contributed by atoms with E-state index in [9.17, 15) is 4.79 Å². The zero-order chi connectivity index (χ0) is 14.8. The predicted octanol–water partition coefficient (Wildman–Crippen LogP) is 3.05. The zero-order valence-corrected chi connectivity index (χ0v) is 12.1. The standard InChI is InChI=1S/C14H13ClN2O4/c1-8-5-13(21-17-8)14(18)16-10-7-12-11(6-9(10)15)19-3-2-4-20-12/h5-7H,2-4H2,1H3,(H,16,18). The van der Waals surface area contributed by atoms with Gasteiger partial charge in [-0.05, 0) is 6.92 Å². The van der Waals surface area contributed by atoms with E-state index in [1.54, 1.807) is 25.1 Å².